The molecule has 2 N–H and O–H groups in total. The SMILES string of the molecule is O=C(COc1ccccc1Cl)NNC(=O)C1CC(=O)N(Cc2ccccc2)C1. The zero-order valence-corrected chi connectivity index (χ0v) is 15.8. The van der Waals surface area contributed by atoms with Gasteiger partial charge in [-0.3, -0.25) is 25.2 Å². The lowest BCUT2D eigenvalue weighted by Crippen LogP contribution is -2.46. The average molecular weight is 402 g/mol. The molecule has 1 heterocycles. The van der Waals surface area contributed by atoms with Gasteiger partial charge in [-0.2, -0.15) is 0 Å². The van der Waals surface area contributed by atoms with Crippen molar-refractivity contribution in [3.63, 3.8) is 0 Å². The molecule has 0 spiro atoms. The number of para-hydroxylation sites is 1. The summed E-state index contributed by atoms with van der Waals surface area (Å²) in [5.74, 6) is -1.16. The van der Waals surface area contributed by atoms with E-state index in [9.17, 15) is 14.4 Å². The maximum absolute atomic E-state index is 12.3. The highest BCUT2D eigenvalue weighted by Crippen LogP contribution is 2.23. The van der Waals surface area contributed by atoms with Crippen molar-refractivity contribution < 1.29 is 19.1 Å². The number of amides is 3. The second-order valence-corrected chi connectivity index (χ2v) is 6.82. The van der Waals surface area contributed by atoms with Crippen LogP contribution in [0.4, 0.5) is 0 Å². The topological polar surface area (TPSA) is 87.7 Å². The summed E-state index contributed by atoms with van der Waals surface area (Å²) in [5.41, 5.74) is 5.64. The van der Waals surface area contributed by atoms with Crippen molar-refractivity contribution in [2.24, 2.45) is 5.92 Å². The summed E-state index contributed by atoms with van der Waals surface area (Å²) in [4.78, 5) is 37.9. The number of hydrogen-bond donors (Lipinski definition) is 2. The van der Waals surface area contributed by atoms with Gasteiger partial charge in [0.1, 0.15) is 5.75 Å². The molecule has 0 bridgehead atoms. The molecule has 8 heteroatoms. The Morgan fingerprint density at radius 3 is 2.54 bits per heavy atom. The molecule has 1 aliphatic rings. The minimum atomic E-state index is -0.529. The van der Waals surface area contributed by atoms with E-state index in [1.54, 1.807) is 29.2 Å². The van der Waals surface area contributed by atoms with Gasteiger partial charge in [-0.25, -0.2) is 0 Å². The molecular formula is C20H20ClN3O4. The van der Waals surface area contributed by atoms with Crippen molar-refractivity contribution >= 4 is 29.3 Å². The fraction of sp³-hybridized carbons (Fsp3) is 0.250. The normalized spacial score (nSPS) is 16.0. The lowest BCUT2D eigenvalue weighted by molar-refractivity contribution is -0.132. The molecule has 1 atom stereocenters. The number of ether oxygens (including phenoxy) is 1. The van der Waals surface area contributed by atoms with Crippen LogP contribution in [0.1, 0.15) is 12.0 Å². The van der Waals surface area contributed by atoms with E-state index in [1.165, 1.54) is 0 Å². The van der Waals surface area contributed by atoms with Gasteiger partial charge in [0.25, 0.3) is 5.91 Å². The monoisotopic (exact) mass is 401 g/mol. The highest BCUT2D eigenvalue weighted by atomic mass is 35.5. The van der Waals surface area contributed by atoms with E-state index in [-0.39, 0.29) is 18.9 Å². The number of carbonyl (C=O) groups excluding carboxylic acids is 3. The third-order valence-corrected chi connectivity index (χ3v) is 4.63. The first-order valence-electron chi connectivity index (χ1n) is 8.80. The van der Waals surface area contributed by atoms with Gasteiger partial charge in [0, 0.05) is 19.5 Å². The third-order valence-electron chi connectivity index (χ3n) is 4.32. The van der Waals surface area contributed by atoms with Crippen molar-refractivity contribution in [1.82, 2.24) is 15.8 Å². The molecule has 7 nitrogen and oxygen atoms in total. The number of halogens is 1. The molecule has 0 radical (unpaired) electrons. The predicted octanol–water partition coefficient (Wildman–Crippen LogP) is 1.91. The van der Waals surface area contributed by atoms with E-state index >= 15 is 0 Å². The maximum Gasteiger partial charge on any atom is 0.276 e. The van der Waals surface area contributed by atoms with Crippen LogP contribution in [-0.4, -0.2) is 35.8 Å². The molecule has 146 valence electrons. The van der Waals surface area contributed by atoms with Gasteiger partial charge in [-0.1, -0.05) is 54.1 Å². The van der Waals surface area contributed by atoms with E-state index < -0.39 is 17.7 Å². The molecule has 0 saturated carbocycles. The predicted molar refractivity (Wildman–Crippen MR) is 103 cm³/mol. The zero-order chi connectivity index (χ0) is 19.9. The van der Waals surface area contributed by atoms with Gasteiger partial charge in [0.15, 0.2) is 6.61 Å². The van der Waals surface area contributed by atoms with Crippen molar-refractivity contribution in [3.05, 3.63) is 65.2 Å². The van der Waals surface area contributed by atoms with Crippen LogP contribution in [0.25, 0.3) is 0 Å². The lowest BCUT2D eigenvalue weighted by atomic mass is 10.1. The standard InChI is InChI=1S/C20H20ClN3O4/c21-16-8-4-5-9-17(16)28-13-18(25)22-23-20(27)15-10-19(26)24(12-15)11-14-6-2-1-3-7-14/h1-9,15H,10-13H2,(H,22,25)(H,23,27). The van der Waals surface area contributed by atoms with Crippen molar-refractivity contribution in [2.75, 3.05) is 13.2 Å². The molecule has 0 aliphatic carbocycles. The first kappa shape index (κ1) is 19.7. The summed E-state index contributed by atoms with van der Waals surface area (Å²) in [7, 11) is 0. The number of nitrogens with zero attached hydrogens (tertiary/aromatic N) is 1. The Morgan fingerprint density at radius 1 is 1.07 bits per heavy atom. The van der Waals surface area contributed by atoms with E-state index in [4.69, 9.17) is 16.3 Å². The van der Waals surface area contributed by atoms with E-state index in [0.29, 0.717) is 23.9 Å². The zero-order valence-electron chi connectivity index (χ0n) is 15.1. The molecule has 28 heavy (non-hydrogen) atoms. The minimum absolute atomic E-state index is 0.0858. The van der Waals surface area contributed by atoms with Crippen LogP contribution in [0.2, 0.25) is 5.02 Å². The number of hydrazine groups is 1. The molecule has 3 amide bonds. The molecule has 2 aromatic carbocycles. The quantitative estimate of drug-likeness (QED) is 0.724. The molecule has 1 unspecified atom stereocenters. The Labute approximate surface area is 167 Å². The van der Waals surface area contributed by atoms with Crippen LogP contribution in [0.15, 0.2) is 54.6 Å². The summed E-state index contributed by atoms with van der Waals surface area (Å²) in [6.45, 7) is 0.473. The molecule has 1 aliphatic heterocycles. The Morgan fingerprint density at radius 2 is 1.79 bits per heavy atom. The first-order valence-corrected chi connectivity index (χ1v) is 9.18. The van der Waals surface area contributed by atoms with Crippen molar-refractivity contribution in [2.45, 2.75) is 13.0 Å². The second-order valence-electron chi connectivity index (χ2n) is 6.42. The highest BCUT2D eigenvalue weighted by molar-refractivity contribution is 6.32. The smallest absolute Gasteiger partial charge is 0.276 e. The second kappa shape index (κ2) is 9.23. The van der Waals surface area contributed by atoms with Crippen LogP contribution in [-0.2, 0) is 20.9 Å². The number of hydrogen-bond acceptors (Lipinski definition) is 4. The van der Waals surface area contributed by atoms with Crippen LogP contribution >= 0.6 is 11.6 Å². The van der Waals surface area contributed by atoms with Gasteiger partial charge in [-0.05, 0) is 17.7 Å². The Balaban J connectivity index is 1.43. The third kappa shape index (κ3) is 5.23. The number of benzene rings is 2. The Kier molecular flexibility index (Phi) is 6.49. The lowest BCUT2D eigenvalue weighted by Gasteiger charge is -2.16. The van der Waals surface area contributed by atoms with Gasteiger partial charge in [-0.15, -0.1) is 0 Å². The number of rotatable bonds is 6. The molecule has 2 aromatic rings. The van der Waals surface area contributed by atoms with Crippen LogP contribution in [0.3, 0.4) is 0 Å². The average Bonchev–Trinajstić information content (AvgIpc) is 3.06. The molecule has 1 saturated heterocycles. The molecule has 0 aromatic heterocycles. The van der Waals surface area contributed by atoms with Crippen molar-refractivity contribution in [1.29, 1.82) is 0 Å². The molecular weight excluding hydrogens is 382 g/mol. The van der Waals surface area contributed by atoms with Crippen LogP contribution in [0, 0.1) is 5.92 Å². The van der Waals surface area contributed by atoms with E-state index in [2.05, 4.69) is 10.9 Å². The summed E-state index contributed by atoms with van der Waals surface area (Å²) in [5, 5.41) is 0.391. The van der Waals surface area contributed by atoms with E-state index in [0.717, 1.165) is 5.56 Å². The number of carbonyl (C=O) groups is 3. The van der Waals surface area contributed by atoms with Gasteiger partial charge < -0.3 is 9.64 Å². The van der Waals surface area contributed by atoms with Gasteiger partial charge in [0.2, 0.25) is 11.8 Å². The maximum atomic E-state index is 12.3. The molecule has 3 rings (SSSR count). The number of likely N-dealkylation sites (tertiary alicyclic amines) is 1. The summed E-state index contributed by atoms with van der Waals surface area (Å²) >= 11 is 5.94. The Hall–Kier alpha value is -3.06. The van der Waals surface area contributed by atoms with Crippen LogP contribution < -0.4 is 15.6 Å². The minimum Gasteiger partial charge on any atom is -0.482 e. The summed E-state index contributed by atoms with van der Waals surface area (Å²) in [6, 6.07) is 16.3. The fourth-order valence-corrected chi connectivity index (χ4v) is 3.07. The van der Waals surface area contributed by atoms with Gasteiger partial charge in [0.05, 0.1) is 10.9 Å². The number of nitrogens with one attached hydrogen (secondary N) is 2. The summed E-state index contributed by atoms with van der Waals surface area (Å²) in [6.07, 6.45) is 0.116. The largest absolute Gasteiger partial charge is 0.482 e. The first-order chi connectivity index (χ1) is 13.5. The highest BCUT2D eigenvalue weighted by Gasteiger charge is 2.34. The van der Waals surface area contributed by atoms with Crippen LogP contribution in [0.5, 0.6) is 5.75 Å². The fourth-order valence-electron chi connectivity index (χ4n) is 2.88. The summed E-state index contributed by atoms with van der Waals surface area (Å²) < 4.78 is 5.30. The van der Waals surface area contributed by atoms with E-state index in [1.807, 2.05) is 30.3 Å². The van der Waals surface area contributed by atoms with Gasteiger partial charge >= 0.3 is 0 Å². The van der Waals surface area contributed by atoms with Crippen molar-refractivity contribution in [3.8, 4) is 5.75 Å². The molecule has 1 fully saturated rings. The Bertz CT molecular complexity index is 860.